The van der Waals surface area contributed by atoms with E-state index in [1.807, 2.05) is 30.5 Å². The van der Waals surface area contributed by atoms with Crippen molar-refractivity contribution in [1.82, 2.24) is 9.88 Å². The molecule has 0 radical (unpaired) electrons. The average Bonchev–Trinajstić information content (AvgIpc) is 3.64. The molecule has 1 fully saturated rings. The van der Waals surface area contributed by atoms with Gasteiger partial charge in [0.05, 0.1) is 5.92 Å². The number of hydrogen-bond donors (Lipinski definition) is 1. The van der Waals surface area contributed by atoms with Crippen molar-refractivity contribution >= 4 is 5.91 Å². The first-order chi connectivity index (χ1) is 15.0. The SMILES string of the molecule is CN1C(=O)C(c2ccc(C3CC3)cc2)[C@@](C)(c2cccc(-c3cccnc3)c2)C=C1N. The van der Waals surface area contributed by atoms with Crippen molar-refractivity contribution in [2.75, 3.05) is 7.05 Å². The van der Waals surface area contributed by atoms with Crippen LogP contribution in [0.2, 0.25) is 0 Å². The molecular formula is C27H27N3O. The van der Waals surface area contributed by atoms with Crippen LogP contribution in [0.5, 0.6) is 0 Å². The molecule has 1 aliphatic carbocycles. The number of carbonyl (C=O) groups excluding carboxylic acids is 1. The second kappa shape index (κ2) is 7.38. The Hall–Kier alpha value is -3.40. The van der Waals surface area contributed by atoms with Gasteiger partial charge < -0.3 is 10.6 Å². The summed E-state index contributed by atoms with van der Waals surface area (Å²) in [5.41, 5.74) is 11.3. The van der Waals surface area contributed by atoms with E-state index < -0.39 is 5.41 Å². The minimum absolute atomic E-state index is 0.0217. The summed E-state index contributed by atoms with van der Waals surface area (Å²) in [6.45, 7) is 2.12. The van der Waals surface area contributed by atoms with Crippen molar-refractivity contribution in [3.8, 4) is 11.1 Å². The van der Waals surface area contributed by atoms with Crippen LogP contribution in [-0.2, 0) is 10.2 Å². The maximum absolute atomic E-state index is 13.5. The molecule has 1 saturated carbocycles. The first kappa shape index (κ1) is 19.6. The smallest absolute Gasteiger partial charge is 0.236 e. The Kier molecular flexibility index (Phi) is 4.66. The topological polar surface area (TPSA) is 59.2 Å². The number of amides is 1. The number of hydrogen-bond acceptors (Lipinski definition) is 3. The Morgan fingerprint density at radius 2 is 1.71 bits per heavy atom. The van der Waals surface area contributed by atoms with Crippen LogP contribution >= 0.6 is 0 Å². The van der Waals surface area contributed by atoms with E-state index in [0.29, 0.717) is 11.7 Å². The summed E-state index contributed by atoms with van der Waals surface area (Å²) in [4.78, 5) is 19.3. The molecule has 31 heavy (non-hydrogen) atoms. The monoisotopic (exact) mass is 409 g/mol. The molecule has 1 aliphatic heterocycles. The molecule has 2 heterocycles. The Labute approximate surface area is 183 Å². The van der Waals surface area contributed by atoms with Gasteiger partial charge in [0.25, 0.3) is 0 Å². The predicted octanol–water partition coefficient (Wildman–Crippen LogP) is 4.94. The van der Waals surface area contributed by atoms with E-state index in [2.05, 4.69) is 54.4 Å². The predicted molar refractivity (Wildman–Crippen MR) is 123 cm³/mol. The van der Waals surface area contributed by atoms with Crippen LogP contribution in [-0.4, -0.2) is 22.8 Å². The molecule has 2 atom stereocenters. The van der Waals surface area contributed by atoms with Crippen molar-refractivity contribution in [2.45, 2.75) is 37.0 Å². The minimum atomic E-state index is -0.563. The number of pyridine rings is 1. The van der Waals surface area contributed by atoms with Crippen molar-refractivity contribution < 1.29 is 4.79 Å². The summed E-state index contributed by atoms with van der Waals surface area (Å²) in [5, 5.41) is 0. The number of nitrogens with two attached hydrogens (primary N) is 1. The largest absolute Gasteiger partial charge is 0.385 e. The minimum Gasteiger partial charge on any atom is -0.385 e. The summed E-state index contributed by atoms with van der Waals surface area (Å²) >= 11 is 0. The zero-order valence-corrected chi connectivity index (χ0v) is 18.0. The van der Waals surface area contributed by atoms with Gasteiger partial charge in [0, 0.05) is 24.9 Å². The molecule has 0 saturated heterocycles. The third-order valence-electron chi connectivity index (χ3n) is 6.81. The van der Waals surface area contributed by atoms with Gasteiger partial charge in [0.2, 0.25) is 5.91 Å². The number of nitrogens with zero attached hydrogens (tertiary/aromatic N) is 2. The molecule has 1 unspecified atom stereocenters. The molecule has 1 amide bonds. The fourth-order valence-electron chi connectivity index (χ4n) is 4.75. The van der Waals surface area contributed by atoms with Crippen molar-refractivity contribution in [2.24, 2.45) is 5.73 Å². The zero-order chi connectivity index (χ0) is 21.6. The molecule has 3 aromatic rings. The summed E-state index contributed by atoms with van der Waals surface area (Å²) in [6, 6.07) is 21.0. The zero-order valence-electron chi connectivity index (χ0n) is 18.0. The van der Waals surface area contributed by atoms with Gasteiger partial charge in [0.1, 0.15) is 5.82 Å². The Bertz CT molecular complexity index is 1150. The Balaban J connectivity index is 1.62. The number of likely N-dealkylation sites (N-methyl/N-ethyl adjacent to an activating group) is 1. The molecule has 2 aromatic carbocycles. The van der Waals surface area contributed by atoms with Crippen LogP contribution in [0.1, 0.15) is 48.3 Å². The number of carbonyl (C=O) groups is 1. The normalized spacial score (nSPS) is 23.5. The van der Waals surface area contributed by atoms with E-state index in [1.54, 1.807) is 18.1 Å². The molecule has 4 nitrogen and oxygen atoms in total. The van der Waals surface area contributed by atoms with Crippen LogP contribution < -0.4 is 5.73 Å². The van der Waals surface area contributed by atoms with Gasteiger partial charge in [-0.05, 0) is 58.7 Å². The van der Waals surface area contributed by atoms with Gasteiger partial charge in [-0.2, -0.15) is 0 Å². The number of allylic oxidation sites excluding steroid dienone is 1. The van der Waals surface area contributed by atoms with Crippen LogP contribution in [0.25, 0.3) is 11.1 Å². The van der Waals surface area contributed by atoms with Crippen LogP contribution in [0, 0.1) is 0 Å². The average molecular weight is 410 g/mol. The van der Waals surface area contributed by atoms with Gasteiger partial charge in [-0.25, -0.2) is 0 Å². The van der Waals surface area contributed by atoms with Gasteiger partial charge in [-0.3, -0.25) is 9.78 Å². The lowest BCUT2D eigenvalue weighted by Gasteiger charge is -2.42. The van der Waals surface area contributed by atoms with E-state index in [4.69, 9.17) is 5.73 Å². The quantitative estimate of drug-likeness (QED) is 0.664. The van der Waals surface area contributed by atoms with Crippen molar-refractivity contribution in [3.05, 3.63) is 102 Å². The van der Waals surface area contributed by atoms with Crippen LogP contribution in [0.4, 0.5) is 0 Å². The van der Waals surface area contributed by atoms with Crippen molar-refractivity contribution in [3.63, 3.8) is 0 Å². The maximum Gasteiger partial charge on any atom is 0.236 e. The fourth-order valence-corrected chi connectivity index (χ4v) is 4.75. The van der Waals surface area contributed by atoms with Crippen LogP contribution in [0.3, 0.4) is 0 Å². The van der Waals surface area contributed by atoms with Gasteiger partial charge in [-0.15, -0.1) is 0 Å². The highest BCUT2D eigenvalue weighted by atomic mass is 16.2. The maximum atomic E-state index is 13.5. The second-order valence-electron chi connectivity index (χ2n) is 8.95. The first-order valence-electron chi connectivity index (χ1n) is 10.8. The standard InChI is InChI=1S/C27H27N3O/c1-27(23-7-3-5-21(15-23)22-6-4-14-29-17-22)16-24(28)30(2)26(31)25(27)20-12-10-19(11-13-20)18-8-9-18/h3-7,10-18,25H,8-9,28H2,1-2H3/t25?,27-/m1/s1. The van der Waals surface area contributed by atoms with Gasteiger partial charge in [0.15, 0.2) is 0 Å². The molecule has 2 aliphatic rings. The van der Waals surface area contributed by atoms with E-state index in [9.17, 15) is 4.79 Å². The highest BCUT2D eigenvalue weighted by Crippen LogP contribution is 2.46. The van der Waals surface area contributed by atoms with Crippen molar-refractivity contribution in [1.29, 1.82) is 0 Å². The van der Waals surface area contributed by atoms with E-state index in [1.165, 1.54) is 18.4 Å². The molecule has 0 spiro atoms. The lowest BCUT2D eigenvalue weighted by molar-refractivity contribution is -0.132. The summed E-state index contributed by atoms with van der Waals surface area (Å²) in [7, 11) is 1.76. The molecule has 5 rings (SSSR count). The van der Waals surface area contributed by atoms with Gasteiger partial charge in [-0.1, -0.05) is 61.5 Å². The summed E-state index contributed by atoms with van der Waals surface area (Å²) in [6.07, 6.45) is 8.20. The van der Waals surface area contributed by atoms with E-state index >= 15 is 0 Å². The first-order valence-corrected chi connectivity index (χ1v) is 10.8. The summed E-state index contributed by atoms with van der Waals surface area (Å²) in [5.74, 6) is 0.859. The lowest BCUT2D eigenvalue weighted by Crippen LogP contribution is -2.47. The second-order valence-corrected chi connectivity index (χ2v) is 8.95. The van der Waals surface area contributed by atoms with E-state index in [0.717, 1.165) is 22.3 Å². The van der Waals surface area contributed by atoms with Gasteiger partial charge >= 0.3 is 0 Å². The van der Waals surface area contributed by atoms with Crippen LogP contribution in [0.15, 0.2) is 85.0 Å². The molecule has 156 valence electrons. The Morgan fingerprint density at radius 1 is 1.00 bits per heavy atom. The highest BCUT2D eigenvalue weighted by molar-refractivity contribution is 5.89. The highest BCUT2D eigenvalue weighted by Gasteiger charge is 2.45. The molecule has 2 N–H and O–H groups in total. The lowest BCUT2D eigenvalue weighted by atomic mass is 9.66. The molecular weight excluding hydrogens is 382 g/mol. The third kappa shape index (κ3) is 3.42. The third-order valence-corrected chi connectivity index (χ3v) is 6.81. The number of rotatable bonds is 4. The molecule has 1 aromatic heterocycles. The fraction of sp³-hybridized carbons (Fsp3) is 0.259. The molecule has 0 bridgehead atoms. The number of benzene rings is 2. The number of aromatic nitrogens is 1. The molecule has 4 heteroatoms. The Morgan fingerprint density at radius 3 is 2.39 bits per heavy atom. The van der Waals surface area contributed by atoms with E-state index in [-0.39, 0.29) is 11.8 Å². The summed E-state index contributed by atoms with van der Waals surface area (Å²) < 4.78 is 0.